The maximum Gasteiger partial charge on any atom is 0.407 e. The van der Waals surface area contributed by atoms with E-state index in [0.717, 1.165) is 12.8 Å². The summed E-state index contributed by atoms with van der Waals surface area (Å²) in [5, 5.41) is 5.88. The largest absolute Gasteiger partial charge is 0.480 e. The molecule has 0 aliphatic heterocycles. The van der Waals surface area contributed by atoms with Crippen LogP contribution in [0.3, 0.4) is 0 Å². The fraction of sp³-hybridized carbons (Fsp3) is 0.897. The predicted octanol–water partition coefficient (Wildman–Crippen LogP) is 8.23. The summed E-state index contributed by atoms with van der Waals surface area (Å²) in [7, 11) is 0. The van der Waals surface area contributed by atoms with E-state index in [1.165, 1.54) is 70.6 Å². The molecule has 0 aromatic rings. The molecular weight excluding hydrogens is 488 g/mol. The van der Waals surface area contributed by atoms with Gasteiger partial charge < -0.3 is 24.8 Å². The number of thiocarbonyl (C=S) groups is 1. The normalized spacial score (nSPS) is 11.8. The van der Waals surface area contributed by atoms with E-state index in [0.29, 0.717) is 11.5 Å². The third kappa shape index (κ3) is 25.8. The highest BCUT2D eigenvalue weighted by molar-refractivity contribution is 7.80. The molecule has 0 atom stereocenters. The van der Waals surface area contributed by atoms with Gasteiger partial charge in [0.15, 0.2) is 5.05 Å². The van der Waals surface area contributed by atoms with E-state index in [2.05, 4.69) is 17.6 Å². The maximum atomic E-state index is 12.0. The number of carbonyl (C=O) groups is 2. The zero-order chi connectivity index (χ0) is 28.2. The second-order valence-electron chi connectivity index (χ2n) is 11.9. The monoisotopic (exact) mass is 544 g/mol. The Hall–Kier alpha value is -1.57. The molecule has 0 saturated carbocycles. The summed E-state index contributed by atoms with van der Waals surface area (Å²) in [6, 6.07) is 0. The Labute approximate surface area is 232 Å². The maximum absolute atomic E-state index is 12.0. The van der Waals surface area contributed by atoms with Gasteiger partial charge >= 0.3 is 12.2 Å². The number of nitrogens with one attached hydrogen (secondary N) is 2. The molecule has 0 aliphatic carbocycles. The van der Waals surface area contributed by atoms with E-state index < -0.39 is 29.5 Å². The number of amides is 2. The molecule has 0 aromatic heterocycles. The quantitative estimate of drug-likeness (QED) is 0.126. The second-order valence-corrected chi connectivity index (χ2v) is 12.3. The highest BCUT2D eigenvalue weighted by Gasteiger charge is 2.21. The van der Waals surface area contributed by atoms with E-state index >= 15 is 0 Å². The minimum Gasteiger partial charge on any atom is -0.480 e. The Kier molecular flexibility index (Phi) is 19.5. The first kappa shape index (κ1) is 35.4. The molecule has 7 nitrogen and oxygen atoms in total. The molecule has 0 bridgehead atoms. The summed E-state index contributed by atoms with van der Waals surface area (Å²) in [4.78, 5) is 24.1. The summed E-state index contributed by atoms with van der Waals surface area (Å²) < 4.78 is 16.5. The number of hydrogen-bond acceptors (Lipinski definition) is 6. The molecule has 2 N–H and O–H groups in total. The number of ether oxygens (including phenoxy) is 3. The number of unbranched alkanes of at least 4 members (excludes halogenated alkanes) is 12. The minimum atomic E-state index is -0.598. The van der Waals surface area contributed by atoms with Crippen molar-refractivity contribution in [3.63, 3.8) is 0 Å². The summed E-state index contributed by atoms with van der Waals surface area (Å²) in [5.41, 5.74) is -1.20. The van der Waals surface area contributed by atoms with Crippen molar-refractivity contribution in [1.29, 1.82) is 0 Å². The Morgan fingerprint density at radius 3 is 1.35 bits per heavy atom. The van der Waals surface area contributed by atoms with Crippen molar-refractivity contribution >= 4 is 29.5 Å². The molecule has 0 saturated heterocycles. The van der Waals surface area contributed by atoms with Crippen LogP contribution >= 0.6 is 12.2 Å². The van der Waals surface area contributed by atoms with Gasteiger partial charge in [0.25, 0.3) is 0 Å². The Balaban J connectivity index is 4.22. The minimum absolute atomic E-state index is 0.156. The molecule has 8 heteroatoms. The fourth-order valence-electron chi connectivity index (χ4n) is 3.71. The van der Waals surface area contributed by atoms with Crippen LogP contribution in [0.15, 0.2) is 0 Å². The van der Waals surface area contributed by atoms with Gasteiger partial charge in [-0.1, -0.05) is 84.0 Å². The molecule has 0 fully saturated rings. The molecule has 0 unspecified atom stereocenters. The highest BCUT2D eigenvalue weighted by atomic mass is 32.1. The summed E-state index contributed by atoms with van der Waals surface area (Å²) in [6.45, 7) is 13.4. The fourth-order valence-corrected chi connectivity index (χ4v) is 3.99. The lowest BCUT2D eigenvalue weighted by Crippen LogP contribution is -2.44. The average Bonchev–Trinajstić information content (AvgIpc) is 2.76. The van der Waals surface area contributed by atoms with Crippen molar-refractivity contribution in [3.05, 3.63) is 0 Å². The SMILES string of the molecule is CCCCCCCCCCCCCCCC(=S)OC(CNC(=O)OC(C)(C)C)CNC(=O)OC(C)(C)C. The predicted molar refractivity (Wildman–Crippen MR) is 156 cm³/mol. The van der Waals surface area contributed by atoms with Gasteiger partial charge in [0, 0.05) is 6.42 Å². The summed E-state index contributed by atoms with van der Waals surface area (Å²) >= 11 is 5.44. The molecule has 37 heavy (non-hydrogen) atoms. The molecule has 0 rings (SSSR count). The van der Waals surface area contributed by atoms with Crippen LogP contribution in [-0.4, -0.2) is 47.6 Å². The molecule has 0 heterocycles. The standard InChI is InChI=1S/C29H56N2O5S/c1-8-9-10-11-12-13-14-15-16-17-18-19-20-21-25(37)34-24(22-30-26(32)35-28(2,3)4)23-31-27(33)36-29(5,6)7/h24H,8-23H2,1-7H3,(H,30,32)(H,31,33). The van der Waals surface area contributed by atoms with E-state index in [4.69, 9.17) is 26.4 Å². The Morgan fingerprint density at radius 1 is 0.649 bits per heavy atom. The van der Waals surface area contributed by atoms with Crippen molar-refractivity contribution in [2.75, 3.05) is 13.1 Å². The van der Waals surface area contributed by atoms with Crippen LogP contribution in [0.2, 0.25) is 0 Å². The first-order chi connectivity index (χ1) is 17.3. The zero-order valence-corrected chi connectivity index (χ0v) is 25.7. The van der Waals surface area contributed by atoms with Crippen molar-refractivity contribution in [3.8, 4) is 0 Å². The van der Waals surface area contributed by atoms with Gasteiger partial charge in [0.2, 0.25) is 0 Å². The van der Waals surface area contributed by atoms with Crippen LogP contribution in [0.5, 0.6) is 0 Å². The Bertz CT molecular complexity index is 597. The molecule has 0 aliphatic rings. The second kappa shape index (κ2) is 20.4. The van der Waals surface area contributed by atoms with Crippen molar-refractivity contribution in [1.82, 2.24) is 10.6 Å². The van der Waals surface area contributed by atoms with E-state index in [9.17, 15) is 9.59 Å². The average molecular weight is 545 g/mol. The van der Waals surface area contributed by atoms with Gasteiger partial charge in [-0.25, -0.2) is 9.59 Å². The summed E-state index contributed by atoms with van der Waals surface area (Å²) in [6.07, 6.45) is 15.9. The number of hydrogen-bond donors (Lipinski definition) is 2. The van der Waals surface area contributed by atoms with E-state index in [1.54, 1.807) is 41.5 Å². The van der Waals surface area contributed by atoms with Crippen LogP contribution < -0.4 is 10.6 Å². The van der Waals surface area contributed by atoms with Crippen LogP contribution in [0.1, 0.15) is 138 Å². The molecule has 0 aromatic carbocycles. The third-order valence-electron chi connectivity index (χ3n) is 5.53. The Morgan fingerprint density at radius 2 is 1.00 bits per heavy atom. The molecular formula is C29H56N2O5S. The number of rotatable bonds is 19. The van der Waals surface area contributed by atoms with Crippen LogP contribution in [0, 0.1) is 0 Å². The molecule has 0 spiro atoms. The van der Waals surface area contributed by atoms with Crippen molar-refractivity contribution < 1.29 is 23.8 Å². The van der Waals surface area contributed by atoms with Gasteiger partial charge in [0.1, 0.15) is 17.3 Å². The number of carbonyl (C=O) groups excluding carboxylic acids is 2. The molecule has 218 valence electrons. The zero-order valence-electron chi connectivity index (χ0n) is 24.8. The van der Waals surface area contributed by atoms with Crippen LogP contribution in [-0.2, 0) is 14.2 Å². The molecule has 2 amide bonds. The van der Waals surface area contributed by atoms with Crippen molar-refractivity contribution in [2.45, 2.75) is 156 Å². The lowest BCUT2D eigenvalue weighted by atomic mass is 10.0. The lowest BCUT2D eigenvalue weighted by Gasteiger charge is -2.24. The van der Waals surface area contributed by atoms with Gasteiger partial charge in [-0.3, -0.25) is 0 Å². The third-order valence-corrected chi connectivity index (χ3v) is 5.83. The van der Waals surface area contributed by atoms with Gasteiger partial charge in [-0.05, 0) is 60.2 Å². The van der Waals surface area contributed by atoms with Crippen LogP contribution in [0.25, 0.3) is 0 Å². The molecule has 0 radical (unpaired) electrons. The lowest BCUT2D eigenvalue weighted by molar-refractivity contribution is 0.0469. The summed E-state index contributed by atoms with van der Waals surface area (Å²) in [5.74, 6) is 0. The highest BCUT2D eigenvalue weighted by Crippen LogP contribution is 2.14. The first-order valence-corrected chi connectivity index (χ1v) is 14.9. The van der Waals surface area contributed by atoms with Gasteiger partial charge in [-0.2, -0.15) is 0 Å². The van der Waals surface area contributed by atoms with E-state index in [-0.39, 0.29) is 13.1 Å². The topological polar surface area (TPSA) is 85.9 Å². The smallest absolute Gasteiger partial charge is 0.407 e. The van der Waals surface area contributed by atoms with Gasteiger partial charge in [-0.15, -0.1) is 0 Å². The van der Waals surface area contributed by atoms with Crippen molar-refractivity contribution in [2.24, 2.45) is 0 Å². The van der Waals surface area contributed by atoms with Gasteiger partial charge in [0.05, 0.1) is 13.1 Å². The van der Waals surface area contributed by atoms with E-state index in [1.807, 2.05) is 0 Å². The van der Waals surface area contributed by atoms with Crippen LogP contribution in [0.4, 0.5) is 9.59 Å². The number of alkyl carbamates (subject to hydrolysis) is 2. The first-order valence-electron chi connectivity index (χ1n) is 14.5.